The zero-order valence-electron chi connectivity index (χ0n) is 12.4. The van der Waals surface area contributed by atoms with E-state index in [0.717, 1.165) is 0 Å². The maximum atomic E-state index is 7.53. The fourth-order valence-electron chi connectivity index (χ4n) is 0.318. The summed E-state index contributed by atoms with van der Waals surface area (Å²) >= 11 is 0. The summed E-state index contributed by atoms with van der Waals surface area (Å²) in [6, 6.07) is 0. The van der Waals surface area contributed by atoms with Crippen molar-refractivity contribution in [3.8, 4) is 0 Å². The summed E-state index contributed by atoms with van der Waals surface area (Å²) < 4.78 is 0. The van der Waals surface area contributed by atoms with Gasteiger partial charge in [0.2, 0.25) is 0 Å². The van der Waals surface area contributed by atoms with Crippen molar-refractivity contribution in [1.29, 1.82) is 0 Å². The van der Waals surface area contributed by atoms with Gasteiger partial charge in [-0.15, -0.1) is 0 Å². The van der Waals surface area contributed by atoms with Gasteiger partial charge in [-0.25, -0.2) is 10.1 Å². The van der Waals surface area contributed by atoms with Crippen LogP contribution in [0.3, 0.4) is 0 Å². The van der Waals surface area contributed by atoms with E-state index >= 15 is 0 Å². The Morgan fingerprint density at radius 3 is 0.786 bits per heavy atom. The topological polar surface area (TPSA) is 251 Å². The van der Waals surface area contributed by atoms with Gasteiger partial charge in [0, 0.05) is 40.3 Å². The van der Waals surface area contributed by atoms with Gasteiger partial charge in [-0.2, -0.15) is 0 Å². The minimum atomic E-state index is 0.154. The Balaban J connectivity index is 2.96. The van der Waals surface area contributed by atoms with Gasteiger partial charge >= 0.3 is 0 Å². The van der Waals surface area contributed by atoms with Crippen LogP contribution in [0.15, 0.2) is 0 Å². The molecular formula is C2H6O26. The van der Waals surface area contributed by atoms with Crippen LogP contribution < -0.4 is 0 Å². The zero-order chi connectivity index (χ0) is 20.4. The van der Waals surface area contributed by atoms with E-state index in [0.29, 0.717) is 0 Å². The molecule has 0 unspecified atom stereocenters. The second-order valence-electron chi connectivity index (χ2n) is 2.05. The molecule has 0 aliphatic rings. The standard InChI is InChI=1S/C2H6O26/c1-2-4-6-8-10-12-14-16-18-20-22-24-26-28-27-25-23-21-19-17-15-13-11-9-7-5-3/h3H,2H2,1H3. The molecule has 26 nitrogen and oxygen atoms in total. The molecule has 170 valence electrons. The van der Waals surface area contributed by atoms with Gasteiger partial charge < -0.3 is 0 Å². The molecule has 0 atom stereocenters. The van der Waals surface area contributed by atoms with Gasteiger partial charge in [0.15, 0.2) is 0 Å². The first kappa shape index (κ1) is 27.0. The first-order chi connectivity index (χ1) is 13.9. The fraction of sp³-hybridized carbons (Fsp3) is 1.00. The highest BCUT2D eigenvalue weighted by molar-refractivity contribution is 3.89. The van der Waals surface area contributed by atoms with Crippen LogP contribution in [-0.4, -0.2) is 11.9 Å². The highest BCUT2D eigenvalue weighted by Gasteiger charge is 2.01. The van der Waals surface area contributed by atoms with Crippen LogP contribution in [0.25, 0.3) is 0 Å². The third-order valence-corrected chi connectivity index (χ3v) is 0.808. The summed E-state index contributed by atoms with van der Waals surface area (Å²) in [5.74, 6) is 0. The molecule has 0 fully saturated rings. The molecule has 0 rings (SSSR count). The SMILES string of the molecule is CCOOOOOOOOOOOOOOOOOOOOOOOOOO. The molecule has 0 aromatic carbocycles. The normalized spacial score (nSPS) is 11.4. The smallest absolute Gasteiger partial charge is 0.0826 e. The average molecular weight is 446 g/mol. The zero-order valence-corrected chi connectivity index (χ0v) is 12.4. The molecule has 0 amide bonds. The molecule has 0 saturated heterocycles. The van der Waals surface area contributed by atoms with Crippen molar-refractivity contribution < 1.29 is 131 Å². The van der Waals surface area contributed by atoms with E-state index in [9.17, 15) is 0 Å². The summed E-state index contributed by atoms with van der Waals surface area (Å²) in [6.07, 6.45) is 0. The lowest BCUT2D eigenvalue weighted by Gasteiger charge is -1.99. The van der Waals surface area contributed by atoms with Crippen molar-refractivity contribution in [2.45, 2.75) is 6.92 Å². The molecule has 0 aliphatic carbocycles. The second-order valence-corrected chi connectivity index (χ2v) is 2.05. The third-order valence-electron chi connectivity index (χ3n) is 0.808. The van der Waals surface area contributed by atoms with Crippen LogP contribution in [0.2, 0.25) is 0 Å². The summed E-state index contributed by atoms with van der Waals surface area (Å²) in [5.41, 5.74) is 0. The Bertz CT molecular complexity index is 229. The van der Waals surface area contributed by atoms with Crippen molar-refractivity contribution in [2.24, 2.45) is 0 Å². The maximum Gasteiger partial charge on any atom is 0.0826 e. The Morgan fingerprint density at radius 1 is 0.357 bits per heavy atom. The van der Waals surface area contributed by atoms with E-state index in [1.165, 1.54) is 0 Å². The number of rotatable bonds is 25. The summed E-state index contributed by atoms with van der Waals surface area (Å²) in [5, 5.41) is 91.1. The summed E-state index contributed by atoms with van der Waals surface area (Å²) in [4.78, 5) is 4.16. The molecule has 0 heterocycles. The van der Waals surface area contributed by atoms with E-state index < -0.39 is 0 Å². The van der Waals surface area contributed by atoms with E-state index in [1.54, 1.807) is 6.92 Å². The predicted molar refractivity (Wildman–Crippen MR) is 40.3 cm³/mol. The van der Waals surface area contributed by atoms with Crippen LogP contribution in [0.1, 0.15) is 6.92 Å². The van der Waals surface area contributed by atoms with E-state index in [1.807, 2.05) is 0 Å². The molecule has 0 spiro atoms. The maximum absolute atomic E-state index is 7.53. The number of hydrogen-bond acceptors (Lipinski definition) is 26. The first-order valence-corrected chi connectivity index (χ1v) is 5.18. The van der Waals surface area contributed by atoms with Crippen LogP contribution in [0, 0.1) is 0 Å². The van der Waals surface area contributed by atoms with Crippen LogP contribution in [0.4, 0.5) is 0 Å². The predicted octanol–water partition coefficient (Wildman–Crippen LogP) is -1.15. The van der Waals surface area contributed by atoms with Gasteiger partial charge in [-0.1, -0.05) is 0 Å². The first-order valence-electron chi connectivity index (χ1n) is 5.18. The Morgan fingerprint density at radius 2 is 0.571 bits per heavy atom. The fourth-order valence-corrected chi connectivity index (χ4v) is 0.318. The van der Waals surface area contributed by atoms with Crippen LogP contribution in [0.5, 0.6) is 0 Å². The van der Waals surface area contributed by atoms with Gasteiger partial charge in [0.25, 0.3) is 0 Å². The van der Waals surface area contributed by atoms with Crippen LogP contribution >= 0.6 is 0 Å². The molecule has 0 saturated carbocycles. The van der Waals surface area contributed by atoms with E-state index in [2.05, 4.69) is 126 Å². The molecule has 0 aliphatic heterocycles. The van der Waals surface area contributed by atoms with E-state index in [-0.39, 0.29) is 6.61 Å². The Labute approximate surface area is 146 Å². The lowest BCUT2D eigenvalue weighted by molar-refractivity contribution is -0.901. The average Bonchev–Trinajstić information content (AvgIpc) is 2.71. The third kappa shape index (κ3) is 25.0. The Hall–Kier alpha value is -1.04. The minimum absolute atomic E-state index is 0.154. The molecule has 0 bridgehead atoms. The molecule has 1 N–H and O–H groups in total. The largest absolute Gasteiger partial charge is 0.219 e. The summed E-state index contributed by atoms with van der Waals surface area (Å²) in [7, 11) is 0. The van der Waals surface area contributed by atoms with Gasteiger partial charge in [-0.05, 0) is 87.5 Å². The Kier molecular flexibility index (Phi) is 25.0. The van der Waals surface area contributed by atoms with E-state index in [4.69, 9.17) is 5.26 Å². The van der Waals surface area contributed by atoms with Crippen molar-refractivity contribution >= 4 is 0 Å². The molecule has 0 aromatic rings. The molecule has 0 aromatic heterocycles. The monoisotopic (exact) mass is 446 g/mol. The highest BCUT2D eigenvalue weighted by atomic mass is 18.0. The van der Waals surface area contributed by atoms with Crippen molar-refractivity contribution in [2.75, 3.05) is 6.61 Å². The molecule has 28 heavy (non-hydrogen) atoms. The van der Waals surface area contributed by atoms with Crippen molar-refractivity contribution in [3.05, 3.63) is 0 Å². The summed E-state index contributed by atoms with van der Waals surface area (Å²) in [6.45, 7) is 1.74. The van der Waals surface area contributed by atoms with Gasteiger partial charge in [-0.3, -0.25) is 0 Å². The highest BCUT2D eigenvalue weighted by Crippen LogP contribution is 1.94. The molecular weight excluding hydrogens is 440 g/mol. The second kappa shape index (κ2) is 26.0. The minimum Gasteiger partial charge on any atom is -0.219 e. The quantitative estimate of drug-likeness (QED) is 0.0987. The molecule has 26 heteroatoms. The van der Waals surface area contributed by atoms with Crippen molar-refractivity contribution in [1.82, 2.24) is 0 Å². The van der Waals surface area contributed by atoms with Crippen LogP contribution in [-0.2, 0) is 126 Å². The van der Waals surface area contributed by atoms with Gasteiger partial charge in [0.05, 0.1) is 6.61 Å². The van der Waals surface area contributed by atoms with Gasteiger partial charge in [0.1, 0.15) is 0 Å². The molecule has 0 radical (unpaired) electrons. The number of hydrogen-bond donors (Lipinski definition) is 1. The van der Waals surface area contributed by atoms with Crippen molar-refractivity contribution in [3.63, 3.8) is 0 Å². The lowest BCUT2D eigenvalue weighted by atomic mass is 10.9. The lowest BCUT2D eigenvalue weighted by Crippen LogP contribution is -2.06.